The molecule has 0 fully saturated rings. The van der Waals surface area contributed by atoms with Gasteiger partial charge in [-0.3, -0.25) is 4.79 Å². The van der Waals surface area contributed by atoms with Crippen molar-refractivity contribution in [2.45, 2.75) is 0 Å². The van der Waals surface area contributed by atoms with Crippen molar-refractivity contribution in [2.24, 2.45) is 0 Å². The molecule has 4 aromatic rings. The Balaban J connectivity index is 1.43. The van der Waals surface area contributed by atoms with Crippen LogP contribution in [0.1, 0.15) is 20.7 Å². The molecular weight excluding hydrogens is 436 g/mol. The molecule has 0 saturated heterocycles. The Labute approximate surface area is 195 Å². The van der Waals surface area contributed by atoms with Crippen molar-refractivity contribution in [3.8, 4) is 11.5 Å². The lowest BCUT2D eigenvalue weighted by molar-refractivity contribution is -0.125. The van der Waals surface area contributed by atoms with Gasteiger partial charge < -0.3 is 18.9 Å². The maximum absolute atomic E-state index is 12.8. The van der Waals surface area contributed by atoms with E-state index in [2.05, 4.69) is 0 Å². The van der Waals surface area contributed by atoms with E-state index in [9.17, 15) is 14.4 Å². The molecule has 0 amide bonds. The first-order valence-corrected chi connectivity index (χ1v) is 10.5. The van der Waals surface area contributed by atoms with E-state index in [0.717, 1.165) is 10.8 Å². The molecule has 0 radical (unpaired) electrons. The summed E-state index contributed by atoms with van der Waals surface area (Å²) in [5.74, 6) is -1.30. The van der Waals surface area contributed by atoms with Crippen LogP contribution in [0.4, 0.5) is 0 Å². The molecular formula is C27H22O7. The summed E-state index contributed by atoms with van der Waals surface area (Å²) < 4.78 is 21.0. The molecule has 0 atom stereocenters. The summed E-state index contributed by atoms with van der Waals surface area (Å²) in [7, 11) is 2.90. The standard InChI is InChI=1S/C27H22O7/c1-31-22-13-11-17-7-3-5-9-20(17)24(22)26(29)33-15-19(28)16-34-27(30)25-21-10-6-4-8-18(21)12-14-23(25)32-2/h3-14H,15-16H2,1-2H3. The molecule has 7 heteroatoms. The molecule has 0 aliphatic carbocycles. The molecule has 34 heavy (non-hydrogen) atoms. The third-order valence-corrected chi connectivity index (χ3v) is 5.36. The van der Waals surface area contributed by atoms with Gasteiger partial charge in [0.05, 0.1) is 14.2 Å². The van der Waals surface area contributed by atoms with Gasteiger partial charge in [-0.1, -0.05) is 60.7 Å². The van der Waals surface area contributed by atoms with Crippen LogP contribution in [0.3, 0.4) is 0 Å². The molecule has 0 aliphatic heterocycles. The van der Waals surface area contributed by atoms with Gasteiger partial charge in [-0.05, 0) is 33.7 Å². The van der Waals surface area contributed by atoms with Crippen molar-refractivity contribution >= 4 is 39.3 Å². The number of benzene rings is 4. The summed E-state index contributed by atoms with van der Waals surface area (Å²) in [6.07, 6.45) is 0. The number of methoxy groups -OCH3 is 2. The van der Waals surface area contributed by atoms with E-state index >= 15 is 0 Å². The smallest absolute Gasteiger partial charge is 0.343 e. The van der Waals surface area contributed by atoms with Crippen molar-refractivity contribution in [2.75, 3.05) is 27.4 Å². The topological polar surface area (TPSA) is 88.1 Å². The molecule has 0 saturated carbocycles. The number of ether oxygens (including phenoxy) is 4. The Bertz CT molecular complexity index is 1290. The summed E-state index contributed by atoms with van der Waals surface area (Å²) in [5.41, 5.74) is 0.455. The molecule has 7 nitrogen and oxygen atoms in total. The van der Waals surface area contributed by atoms with E-state index in [-0.39, 0.29) is 11.1 Å². The minimum absolute atomic E-state index is 0.228. The number of carbonyl (C=O) groups excluding carboxylic acids is 3. The second-order valence-electron chi connectivity index (χ2n) is 7.42. The number of esters is 2. The van der Waals surface area contributed by atoms with E-state index in [1.165, 1.54) is 14.2 Å². The summed E-state index contributed by atoms with van der Waals surface area (Å²) in [4.78, 5) is 37.8. The molecule has 4 aromatic carbocycles. The molecule has 0 aromatic heterocycles. The lowest BCUT2D eigenvalue weighted by Crippen LogP contribution is -2.21. The Kier molecular flexibility index (Phi) is 6.73. The second-order valence-corrected chi connectivity index (χ2v) is 7.42. The van der Waals surface area contributed by atoms with Gasteiger partial charge in [-0.2, -0.15) is 0 Å². The van der Waals surface area contributed by atoms with Crippen molar-refractivity contribution in [1.82, 2.24) is 0 Å². The molecule has 0 N–H and O–H groups in total. The van der Waals surface area contributed by atoms with E-state index in [1.807, 2.05) is 36.4 Å². The average molecular weight is 458 g/mol. The van der Waals surface area contributed by atoms with Crippen LogP contribution in [0.5, 0.6) is 11.5 Å². The van der Waals surface area contributed by atoms with Crippen LogP contribution >= 0.6 is 0 Å². The van der Waals surface area contributed by atoms with E-state index < -0.39 is 30.9 Å². The first-order chi connectivity index (χ1) is 16.5. The van der Waals surface area contributed by atoms with E-state index in [1.54, 1.807) is 36.4 Å². The van der Waals surface area contributed by atoms with Crippen LogP contribution in [0.25, 0.3) is 21.5 Å². The van der Waals surface area contributed by atoms with Crippen molar-refractivity contribution in [1.29, 1.82) is 0 Å². The number of rotatable bonds is 8. The number of Topliss-reactive ketones (excluding diaryl/α,β-unsaturated/α-hetero) is 1. The van der Waals surface area contributed by atoms with Crippen LogP contribution in [-0.4, -0.2) is 45.2 Å². The highest BCUT2D eigenvalue weighted by atomic mass is 16.6. The van der Waals surface area contributed by atoms with Crippen LogP contribution < -0.4 is 9.47 Å². The molecule has 0 unspecified atom stereocenters. The van der Waals surface area contributed by atoms with Gasteiger partial charge in [0.25, 0.3) is 0 Å². The second kappa shape index (κ2) is 10.0. The summed E-state index contributed by atoms with van der Waals surface area (Å²) in [5, 5.41) is 2.96. The van der Waals surface area contributed by atoms with Crippen molar-refractivity contribution in [3.63, 3.8) is 0 Å². The van der Waals surface area contributed by atoms with Crippen molar-refractivity contribution < 1.29 is 33.3 Å². The zero-order valence-corrected chi connectivity index (χ0v) is 18.7. The summed E-state index contributed by atoms with van der Waals surface area (Å²) >= 11 is 0. The number of fused-ring (bicyclic) bond motifs is 2. The third-order valence-electron chi connectivity index (χ3n) is 5.36. The Morgan fingerprint density at radius 3 is 1.41 bits per heavy atom. The first kappa shape index (κ1) is 22.8. The van der Waals surface area contributed by atoms with Crippen molar-refractivity contribution in [3.05, 3.63) is 83.9 Å². The molecule has 0 heterocycles. The van der Waals surface area contributed by atoms with Gasteiger partial charge in [0.1, 0.15) is 22.6 Å². The summed E-state index contributed by atoms with van der Waals surface area (Å²) in [6.45, 7) is -1.10. The highest BCUT2D eigenvalue weighted by Crippen LogP contribution is 2.30. The maximum atomic E-state index is 12.8. The van der Waals surface area contributed by atoms with Gasteiger partial charge in [0, 0.05) is 0 Å². The predicted octanol–water partition coefficient (Wildman–Crippen LogP) is 4.59. The van der Waals surface area contributed by atoms with E-state index in [4.69, 9.17) is 18.9 Å². The fourth-order valence-corrected chi connectivity index (χ4v) is 3.74. The fourth-order valence-electron chi connectivity index (χ4n) is 3.74. The summed E-state index contributed by atoms with van der Waals surface area (Å²) in [6, 6.07) is 21.6. The first-order valence-electron chi connectivity index (χ1n) is 10.5. The lowest BCUT2D eigenvalue weighted by atomic mass is 10.0. The minimum Gasteiger partial charge on any atom is -0.496 e. The average Bonchev–Trinajstić information content (AvgIpc) is 2.88. The number of hydrogen-bond acceptors (Lipinski definition) is 7. The normalized spacial score (nSPS) is 10.6. The largest absolute Gasteiger partial charge is 0.496 e. The predicted molar refractivity (Wildman–Crippen MR) is 127 cm³/mol. The van der Waals surface area contributed by atoms with Gasteiger partial charge >= 0.3 is 11.9 Å². The SMILES string of the molecule is COc1ccc2ccccc2c1C(=O)OCC(=O)COC(=O)c1c(OC)ccc2ccccc12. The number of ketones is 1. The quantitative estimate of drug-likeness (QED) is 0.357. The van der Waals surface area contributed by atoms with Gasteiger partial charge in [0.2, 0.25) is 5.78 Å². The Hall–Kier alpha value is -4.39. The van der Waals surface area contributed by atoms with Crippen LogP contribution in [0.2, 0.25) is 0 Å². The lowest BCUT2D eigenvalue weighted by Gasteiger charge is -2.13. The van der Waals surface area contributed by atoms with Crippen LogP contribution in [0, 0.1) is 0 Å². The zero-order valence-electron chi connectivity index (χ0n) is 18.7. The Morgan fingerprint density at radius 2 is 1.00 bits per heavy atom. The highest BCUT2D eigenvalue weighted by Gasteiger charge is 2.21. The highest BCUT2D eigenvalue weighted by molar-refractivity contribution is 6.08. The van der Waals surface area contributed by atoms with E-state index in [0.29, 0.717) is 22.3 Å². The van der Waals surface area contributed by atoms with Gasteiger partial charge in [-0.25, -0.2) is 9.59 Å². The molecule has 172 valence electrons. The number of hydrogen-bond donors (Lipinski definition) is 0. The monoisotopic (exact) mass is 458 g/mol. The molecule has 4 rings (SSSR count). The zero-order chi connectivity index (χ0) is 24.1. The maximum Gasteiger partial charge on any atom is 0.343 e. The fraction of sp³-hybridized carbons (Fsp3) is 0.148. The molecule has 0 bridgehead atoms. The Morgan fingerprint density at radius 1 is 0.588 bits per heavy atom. The third kappa shape index (κ3) is 4.54. The van der Waals surface area contributed by atoms with Crippen LogP contribution in [-0.2, 0) is 14.3 Å². The van der Waals surface area contributed by atoms with Crippen LogP contribution in [0.15, 0.2) is 72.8 Å². The van der Waals surface area contributed by atoms with Gasteiger partial charge in [0.15, 0.2) is 13.2 Å². The molecule has 0 spiro atoms. The minimum atomic E-state index is -0.705. The van der Waals surface area contributed by atoms with Gasteiger partial charge in [-0.15, -0.1) is 0 Å². The molecule has 0 aliphatic rings. The number of carbonyl (C=O) groups is 3.